The second-order valence-corrected chi connectivity index (χ2v) is 5.23. The molecule has 0 amide bonds. The van der Waals surface area contributed by atoms with Crippen LogP contribution < -0.4 is 9.47 Å². The van der Waals surface area contributed by atoms with Gasteiger partial charge in [0, 0.05) is 5.75 Å². The van der Waals surface area contributed by atoms with Gasteiger partial charge in [-0.05, 0) is 30.2 Å². The summed E-state index contributed by atoms with van der Waals surface area (Å²) in [5, 5.41) is 9.69. The number of benzene rings is 1. The summed E-state index contributed by atoms with van der Waals surface area (Å²) in [4.78, 5) is 0. The van der Waals surface area contributed by atoms with Gasteiger partial charge in [0.1, 0.15) is 0 Å². The van der Waals surface area contributed by atoms with Gasteiger partial charge < -0.3 is 14.6 Å². The monoisotopic (exact) mass is 254 g/mol. The lowest BCUT2D eigenvalue weighted by molar-refractivity contribution is 0.131. The number of methoxy groups -OCH3 is 1. The molecule has 2 rings (SSSR count). The maximum absolute atomic E-state index is 9.69. The summed E-state index contributed by atoms with van der Waals surface area (Å²) in [5.41, 5.74) is 0. The van der Waals surface area contributed by atoms with Crippen molar-refractivity contribution in [3.63, 3.8) is 0 Å². The molecule has 0 radical (unpaired) electrons. The second-order valence-electron chi connectivity index (χ2n) is 4.15. The molecule has 1 N–H and O–H groups in total. The molecule has 2 unspecified atom stereocenters. The lowest BCUT2D eigenvalue weighted by Crippen LogP contribution is -2.20. The van der Waals surface area contributed by atoms with E-state index < -0.39 is 0 Å². The fraction of sp³-hybridized carbons (Fsp3) is 0.538. The number of aliphatic hydroxyl groups is 1. The summed E-state index contributed by atoms with van der Waals surface area (Å²) < 4.78 is 10.9. The van der Waals surface area contributed by atoms with Gasteiger partial charge in [0.25, 0.3) is 0 Å². The van der Waals surface area contributed by atoms with Crippen molar-refractivity contribution in [3.8, 4) is 11.5 Å². The summed E-state index contributed by atoms with van der Waals surface area (Å²) in [6.45, 7) is 0.628. The Labute approximate surface area is 106 Å². The number of rotatable bonds is 5. The first kappa shape index (κ1) is 12.6. The Bertz CT molecular complexity index is 356. The summed E-state index contributed by atoms with van der Waals surface area (Å²) in [5.74, 6) is 3.80. The highest BCUT2D eigenvalue weighted by Crippen LogP contribution is 2.29. The third-order valence-corrected chi connectivity index (χ3v) is 4.22. The van der Waals surface area contributed by atoms with Crippen molar-refractivity contribution < 1.29 is 14.6 Å². The molecule has 1 saturated heterocycles. The second kappa shape index (κ2) is 6.17. The van der Waals surface area contributed by atoms with Gasteiger partial charge in [0.15, 0.2) is 11.5 Å². The molecule has 94 valence electrons. The maximum Gasteiger partial charge on any atom is 0.161 e. The number of ether oxygens (including phenoxy) is 2. The Morgan fingerprint density at radius 3 is 2.71 bits per heavy atom. The van der Waals surface area contributed by atoms with E-state index in [1.165, 1.54) is 0 Å². The van der Waals surface area contributed by atoms with E-state index in [0.29, 0.717) is 12.5 Å². The van der Waals surface area contributed by atoms with E-state index in [9.17, 15) is 5.11 Å². The third kappa shape index (κ3) is 3.30. The first-order chi connectivity index (χ1) is 8.31. The Kier molecular flexibility index (Phi) is 4.57. The molecule has 1 fully saturated rings. The molecule has 4 heteroatoms. The molecule has 0 aliphatic carbocycles. The van der Waals surface area contributed by atoms with Gasteiger partial charge >= 0.3 is 0 Å². The van der Waals surface area contributed by atoms with Crippen molar-refractivity contribution in [1.82, 2.24) is 0 Å². The quantitative estimate of drug-likeness (QED) is 0.874. The molecular formula is C13H18O3S. The number of hydrogen-bond donors (Lipinski definition) is 1. The van der Waals surface area contributed by atoms with Crippen LogP contribution in [0.15, 0.2) is 24.3 Å². The fourth-order valence-corrected chi connectivity index (χ4v) is 3.26. The van der Waals surface area contributed by atoms with Crippen LogP contribution in [0.3, 0.4) is 0 Å². The van der Waals surface area contributed by atoms with Crippen molar-refractivity contribution in [1.29, 1.82) is 0 Å². The van der Waals surface area contributed by atoms with E-state index in [0.717, 1.165) is 29.4 Å². The lowest BCUT2D eigenvalue weighted by atomic mass is 10.0. The van der Waals surface area contributed by atoms with Crippen LogP contribution in [0.1, 0.15) is 6.42 Å². The molecule has 17 heavy (non-hydrogen) atoms. The van der Waals surface area contributed by atoms with Gasteiger partial charge in [-0.1, -0.05) is 12.1 Å². The summed E-state index contributed by atoms with van der Waals surface area (Å²) in [6.07, 6.45) is 0.730. The Hall–Kier alpha value is -0.870. The van der Waals surface area contributed by atoms with Gasteiger partial charge in [-0.3, -0.25) is 0 Å². The van der Waals surface area contributed by atoms with Crippen molar-refractivity contribution in [2.24, 2.45) is 5.92 Å². The van der Waals surface area contributed by atoms with E-state index in [1.807, 2.05) is 36.0 Å². The molecule has 1 heterocycles. The van der Waals surface area contributed by atoms with Crippen molar-refractivity contribution in [3.05, 3.63) is 24.3 Å². The van der Waals surface area contributed by atoms with Crippen LogP contribution in [0.25, 0.3) is 0 Å². The summed E-state index contributed by atoms with van der Waals surface area (Å²) >= 11 is 1.81. The first-order valence-electron chi connectivity index (χ1n) is 5.83. The number of aliphatic hydroxyl groups excluding tert-OH is 1. The zero-order chi connectivity index (χ0) is 12.1. The number of thioether (sulfide) groups is 1. The third-order valence-electron chi connectivity index (χ3n) is 2.98. The molecule has 1 aromatic carbocycles. The highest BCUT2D eigenvalue weighted by Gasteiger charge is 2.25. The van der Waals surface area contributed by atoms with E-state index in [4.69, 9.17) is 9.47 Å². The molecule has 3 nitrogen and oxygen atoms in total. The minimum absolute atomic E-state index is 0.165. The fourth-order valence-electron chi connectivity index (χ4n) is 1.92. The predicted molar refractivity (Wildman–Crippen MR) is 69.9 cm³/mol. The van der Waals surface area contributed by atoms with Crippen LogP contribution in [-0.2, 0) is 0 Å². The Morgan fingerprint density at radius 1 is 1.29 bits per heavy atom. The van der Waals surface area contributed by atoms with Crippen molar-refractivity contribution >= 4 is 11.8 Å². The van der Waals surface area contributed by atoms with Crippen LogP contribution in [0.2, 0.25) is 0 Å². The molecule has 2 atom stereocenters. The van der Waals surface area contributed by atoms with Gasteiger partial charge in [-0.25, -0.2) is 0 Å². The van der Waals surface area contributed by atoms with E-state index in [1.54, 1.807) is 7.11 Å². The predicted octanol–water partition coefficient (Wildman–Crippen LogP) is 2.19. The molecule has 0 saturated carbocycles. The molecule has 0 bridgehead atoms. The average molecular weight is 254 g/mol. The topological polar surface area (TPSA) is 38.7 Å². The van der Waals surface area contributed by atoms with E-state index >= 15 is 0 Å². The normalized spacial score (nSPS) is 23.6. The Morgan fingerprint density at radius 2 is 2.06 bits per heavy atom. The minimum Gasteiger partial charge on any atom is -0.493 e. The van der Waals surface area contributed by atoms with Crippen LogP contribution in [0.4, 0.5) is 0 Å². The first-order valence-corrected chi connectivity index (χ1v) is 6.98. The molecule has 0 spiro atoms. The zero-order valence-electron chi connectivity index (χ0n) is 9.96. The number of para-hydroxylation sites is 2. The molecule has 1 aromatic rings. The largest absolute Gasteiger partial charge is 0.493 e. The Balaban J connectivity index is 1.81. The van der Waals surface area contributed by atoms with Crippen LogP contribution in [0, 0.1) is 5.92 Å². The van der Waals surface area contributed by atoms with Crippen molar-refractivity contribution in [2.75, 3.05) is 25.2 Å². The lowest BCUT2D eigenvalue weighted by Gasteiger charge is -2.15. The zero-order valence-corrected chi connectivity index (χ0v) is 10.8. The van der Waals surface area contributed by atoms with Crippen molar-refractivity contribution in [2.45, 2.75) is 12.5 Å². The number of hydrogen-bond acceptors (Lipinski definition) is 4. The van der Waals surface area contributed by atoms with Crippen LogP contribution in [0.5, 0.6) is 11.5 Å². The smallest absolute Gasteiger partial charge is 0.161 e. The average Bonchev–Trinajstić information content (AvgIpc) is 2.76. The SMILES string of the molecule is COc1ccccc1OCCC1CSCC1O. The molecular weight excluding hydrogens is 236 g/mol. The van der Waals surface area contributed by atoms with E-state index in [2.05, 4.69) is 0 Å². The maximum atomic E-state index is 9.69. The van der Waals surface area contributed by atoms with E-state index in [-0.39, 0.29) is 6.10 Å². The van der Waals surface area contributed by atoms with Gasteiger partial charge in [-0.2, -0.15) is 11.8 Å². The van der Waals surface area contributed by atoms with Gasteiger partial charge in [0.05, 0.1) is 19.8 Å². The molecule has 1 aliphatic rings. The van der Waals surface area contributed by atoms with Crippen LogP contribution in [-0.4, -0.2) is 36.4 Å². The summed E-state index contributed by atoms with van der Waals surface area (Å²) in [6, 6.07) is 7.63. The standard InChI is InChI=1S/C13H18O3S/c1-15-12-4-2-3-5-13(12)16-7-6-10-8-17-9-11(10)14/h2-5,10-11,14H,6-9H2,1H3. The highest BCUT2D eigenvalue weighted by molar-refractivity contribution is 7.99. The minimum atomic E-state index is -0.165. The molecule has 0 aromatic heterocycles. The summed E-state index contributed by atoms with van der Waals surface area (Å²) in [7, 11) is 1.64. The van der Waals surface area contributed by atoms with Gasteiger partial charge in [-0.15, -0.1) is 0 Å². The molecule has 1 aliphatic heterocycles. The van der Waals surface area contributed by atoms with Crippen LogP contribution >= 0.6 is 11.8 Å². The van der Waals surface area contributed by atoms with Gasteiger partial charge in [0.2, 0.25) is 0 Å². The highest BCUT2D eigenvalue weighted by atomic mass is 32.2.